The van der Waals surface area contributed by atoms with Crippen molar-refractivity contribution in [1.29, 1.82) is 0 Å². The fraction of sp³-hybridized carbons (Fsp3) is 0.200. The first-order valence-electron chi connectivity index (χ1n) is 8.39. The Morgan fingerprint density at radius 3 is 2.85 bits per heavy atom. The van der Waals surface area contributed by atoms with Crippen LogP contribution in [0, 0.1) is 0 Å². The number of rotatable bonds is 5. The number of benzene rings is 2. The second kappa shape index (κ2) is 6.55. The van der Waals surface area contributed by atoms with E-state index in [-0.39, 0.29) is 5.91 Å². The molecule has 3 aromatic rings. The zero-order valence-electron chi connectivity index (χ0n) is 14.4. The normalized spacial score (nSPS) is 15.7. The monoisotopic (exact) mass is 349 g/mol. The number of carbonyl (C=O) groups is 1. The molecule has 0 saturated carbocycles. The Morgan fingerprint density at radius 2 is 2.04 bits per heavy atom. The number of para-hydroxylation sites is 2. The lowest BCUT2D eigenvalue weighted by molar-refractivity contribution is -0.119. The van der Waals surface area contributed by atoms with Gasteiger partial charge in [-0.15, -0.1) is 0 Å². The van der Waals surface area contributed by atoms with Crippen molar-refractivity contribution < 1.29 is 13.9 Å². The van der Waals surface area contributed by atoms with Crippen molar-refractivity contribution in [2.24, 2.45) is 5.73 Å². The van der Waals surface area contributed by atoms with E-state index in [4.69, 9.17) is 14.9 Å². The number of methoxy groups -OCH3 is 1. The van der Waals surface area contributed by atoms with Gasteiger partial charge in [0.15, 0.2) is 5.76 Å². The summed E-state index contributed by atoms with van der Waals surface area (Å²) in [6, 6.07) is 15.1. The van der Waals surface area contributed by atoms with Gasteiger partial charge in [-0.3, -0.25) is 4.79 Å². The number of oxazole rings is 1. The fourth-order valence-corrected chi connectivity index (χ4v) is 3.40. The molecule has 4 rings (SSSR count). The van der Waals surface area contributed by atoms with E-state index < -0.39 is 6.04 Å². The van der Waals surface area contributed by atoms with Crippen LogP contribution in [0.1, 0.15) is 11.5 Å². The molecule has 6 heteroatoms. The second-order valence-electron chi connectivity index (χ2n) is 6.20. The smallest absolute Gasteiger partial charge is 0.240 e. The molecule has 1 aromatic heterocycles. The van der Waals surface area contributed by atoms with Gasteiger partial charge < -0.3 is 19.8 Å². The van der Waals surface area contributed by atoms with E-state index in [1.165, 1.54) is 0 Å². The molecule has 2 heterocycles. The van der Waals surface area contributed by atoms with Gasteiger partial charge in [0.1, 0.15) is 11.8 Å². The van der Waals surface area contributed by atoms with Gasteiger partial charge in [0.05, 0.1) is 25.4 Å². The zero-order valence-corrected chi connectivity index (χ0v) is 14.4. The minimum atomic E-state index is -0.394. The second-order valence-corrected chi connectivity index (χ2v) is 6.20. The number of amides is 1. The van der Waals surface area contributed by atoms with E-state index in [0.717, 1.165) is 22.6 Å². The highest BCUT2D eigenvalue weighted by molar-refractivity contribution is 5.86. The first-order valence-corrected chi connectivity index (χ1v) is 8.39. The molecule has 26 heavy (non-hydrogen) atoms. The van der Waals surface area contributed by atoms with Gasteiger partial charge in [0, 0.05) is 12.1 Å². The molecule has 6 nitrogen and oxygen atoms in total. The lowest BCUT2D eigenvalue weighted by atomic mass is 10.1. The lowest BCUT2D eigenvalue weighted by Gasteiger charge is -2.23. The summed E-state index contributed by atoms with van der Waals surface area (Å²) in [5, 5.41) is 0. The largest absolute Gasteiger partial charge is 0.496 e. The number of hydrogen-bond donors (Lipinski definition) is 1. The Morgan fingerprint density at radius 1 is 1.27 bits per heavy atom. The maximum Gasteiger partial charge on any atom is 0.240 e. The van der Waals surface area contributed by atoms with Crippen LogP contribution in [0.3, 0.4) is 0 Å². The standard InChI is InChI=1S/C20H19N3O3/c1-25-17-9-5-3-7-14(17)18-11-22-19(26-18)12-23-15-8-4-2-6-13(15)10-16(23)20(21)24/h2-9,11,16H,10,12H2,1H3,(H2,21,24)/t16-/m0/s1. The molecule has 2 N–H and O–H groups in total. The molecule has 0 radical (unpaired) electrons. The number of fused-ring (bicyclic) bond motifs is 1. The first kappa shape index (κ1) is 16.2. The summed E-state index contributed by atoms with van der Waals surface area (Å²) in [4.78, 5) is 18.2. The summed E-state index contributed by atoms with van der Waals surface area (Å²) in [6.07, 6.45) is 2.28. The Labute approximate surface area is 151 Å². The summed E-state index contributed by atoms with van der Waals surface area (Å²) < 4.78 is 11.3. The number of nitrogens with two attached hydrogens (primary N) is 1. The molecule has 132 valence electrons. The van der Waals surface area contributed by atoms with Gasteiger partial charge in [-0.2, -0.15) is 0 Å². The molecule has 0 spiro atoms. The third-order valence-corrected chi connectivity index (χ3v) is 4.65. The molecular formula is C20H19N3O3. The van der Waals surface area contributed by atoms with Crippen molar-refractivity contribution in [2.45, 2.75) is 19.0 Å². The third-order valence-electron chi connectivity index (χ3n) is 4.65. The summed E-state index contributed by atoms with van der Waals surface area (Å²) in [7, 11) is 1.62. The van der Waals surface area contributed by atoms with Crippen LogP contribution < -0.4 is 15.4 Å². The summed E-state index contributed by atoms with van der Waals surface area (Å²) in [6.45, 7) is 0.375. The van der Waals surface area contributed by atoms with E-state index in [0.29, 0.717) is 24.6 Å². The molecule has 1 amide bonds. The van der Waals surface area contributed by atoms with Gasteiger partial charge in [0.2, 0.25) is 11.8 Å². The Hall–Kier alpha value is -3.28. The number of primary amides is 1. The summed E-state index contributed by atoms with van der Waals surface area (Å²) in [5.74, 6) is 1.52. The average molecular weight is 349 g/mol. The van der Waals surface area contributed by atoms with E-state index in [1.807, 2.05) is 53.4 Å². The molecular weight excluding hydrogens is 330 g/mol. The maximum atomic E-state index is 11.9. The Kier molecular flexibility index (Phi) is 4.08. The molecule has 0 bridgehead atoms. The molecule has 0 saturated heterocycles. The molecule has 1 atom stereocenters. The number of ether oxygens (including phenoxy) is 1. The highest BCUT2D eigenvalue weighted by Crippen LogP contribution is 2.34. The van der Waals surface area contributed by atoms with E-state index in [1.54, 1.807) is 13.3 Å². The quantitative estimate of drug-likeness (QED) is 0.766. The van der Waals surface area contributed by atoms with E-state index in [2.05, 4.69) is 4.98 Å². The number of carbonyl (C=O) groups excluding carboxylic acids is 1. The van der Waals surface area contributed by atoms with Crippen LogP contribution in [0.25, 0.3) is 11.3 Å². The van der Waals surface area contributed by atoms with Crippen LogP contribution in [0.15, 0.2) is 59.1 Å². The van der Waals surface area contributed by atoms with Crippen LogP contribution in [-0.4, -0.2) is 24.0 Å². The van der Waals surface area contributed by atoms with Crippen molar-refractivity contribution in [3.63, 3.8) is 0 Å². The molecule has 1 aliphatic rings. The zero-order chi connectivity index (χ0) is 18.1. The SMILES string of the molecule is COc1ccccc1-c1cnc(CN2c3ccccc3C[C@H]2C(N)=O)o1. The predicted molar refractivity (Wildman–Crippen MR) is 97.8 cm³/mol. The van der Waals surface area contributed by atoms with E-state index >= 15 is 0 Å². The number of hydrogen-bond acceptors (Lipinski definition) is 5. The van der Waals surface area contributed by atoms with Crippen molar-refractivity contribution in [3.8, 4) is 17.1 Å². The van der Waals surface area contributed by atoms with Crippen molar-refractivity contribution >= 4 is 11.6 Å². The lowest BCUT2D eigenvalue weighted by Crippen LogP contribution is -2.42. The molecule has 1 aliphatic heterocycles. The summed E-state index contributed by atoms with van der Waals surface area (Å²) in [5.41, 5.74) is 8.54. The topological polar surface area (TPSA) is 81.6 Å². The van der Waals surface area contributed by atoms with Crippen LogP contribution >= 0.6 is 0 Å². The van der Waals surface area contributed by atoms with Gasteiger partial charge in [-0.05, 0) is 23.8 Å². The molecule has 0 aliphatic carbocycles. The average Bonchev–Trinajstić information content (AvgIpc) is 3.27. The number of nitrogens with zero attached hydrogens (tertiary/aromatic N) is 2. The van der Waals surface area contributed by atoms with Gasteiger partial charge in [-0.1, -0.05) is 30.3 Å². The van der Waals surface area contributed by atoms with Gasteiger partial charge in [0.25, 0.3) is 0 Å². The Bertz CT molecular complexity index is 951. The van der Waals surface area contributed by atoms with Gasteiger partial charge in [-0.25, -0.2) is 4.98 Å². The molecule has 0 unspecified atom stereocenters. The highest BCUT2D eigenvalue weighted by atomic mass is 16.5. The molecule has 0 fully saturated rings. The Balaban J connectivity index is 1.63. The van der Waals surface area contributed by atoms with Crippen LogP contribution in [-0.2, 0) is 17.8 Å². The fourth-order valence-electron chi connectivity index (χ4n) is 3.40. The molecule has 2 aromatic carbocycles. The van der Waals surface area contributed by atoms with E-state index in [9.17, 15) is 4.79 Å². The predicted octanol–water partition coefficient (Wildman–Crippen LogP) is 2.77. The maximum absolute atomic E-state index is 11.9. The minimum Gasteiger partial charge on any atom is -0.496 e. The minimum absolute atomic E-state index is 0.349. The highest BCUT2D eigenvalue weighted by Gasteiger charge is 2.33. The van der Waals surface area contributed by atoms with Crippen LogP contribution in [0.2, 0.25) is 0 Å². The number of anilines is 1. The summed E-state index contributed by atoms with van der Waals surface area (Å²) >= 11 is 0. The van der Waals surface area contributed by atoms with Crippen molar-refractivity contribution in [2.75, 3.05) is 12.0 Å². The van der Waals surface area contributed by atoms with Crippen LogP contribution in [0.4, 0.5) is 5.69 Å². The van der Waals surface area contributed by atoms with Crippen LogP contribution in [0.5, 0.6) is 5.75 Å². The third kappa shape index (κ3) is 2.79. The number of aromatic nitrogens is 1. The van der Waals surface area contributed by atoms with Crippen molar-refractivity contribution in [1.82, 2.24) is 4.98 Å². The van der Waals surface area contributed by atoms with Gasteiger partial charge >= 0.3 is 0 Å². The van der Waals surface area contributed by atoms with Crippen molar-refractivity contribution in [3.05, 3.63) is 66.2 Å². The first-order chi connectivity index (χ1) is 12.7.